The van der Waals surface area contributed by atoms with Crippen molar-refractivity contribution in [2.24, 2.45) is 90.7 Å². The second-order valence-electron chi connectivity index (χ2n) is 31.4. The third-order valence-corrected chi connectivity index (χ3v) is 13.5. The Bertz CT molecular complexity index is 1000. The van der Waals surface area contributed by atoms with Gasteiger partial charge in [0.2, 0.25) is 0 Å². The van der Waals surface area contributed by atoms with Crippen LogP contribution in [-0.4, -0.2) is 0 Å². The molecule has 0 heteroatoms. The predicted molar refractivity (Wildman–Crippen MR) is 346 cm³/mol. The van der Waals surface area contributed by atoms with Gasteiger partial charge in [-0.2, -0.15) is 0 Å². The summed E-state index contributed by atoms with van der Waals surface area (Å²) in [6.45, 7) is 73.0. The van der Waals surface area contributed by atoms with E-state index in [0.717, 1.165) is 47.3 Å². The first kappa shape index (κ1) is 90.5. The van der Waals surface area contributed by atoms with E-state index in [1.807, 2.05) is 55.4 Å². The molecule has 0 aromatic rings. The maximum atomic E-state index is 2.39. The van der Waals surface area contributed by atoms with Crippen molar-refractivity contribution in [3.05, 3.63) is 0 Å². The van der Waals surface area contributed by atoms with Crippen molar-refractivity contribution in [2.75, 3.05) is 0 Å². The van der Waals surface area contributed by atoms with Crippen LogP contribution < -0.4 is 0 Å². The minimum atomic E-state index is 0. The normalized spacial score (nSPS) is 23.7. The number of hydrogen-bond donors (Lipinski definition) is 0. The van der Waals surface area contributed by atoms with Gasteiger partial charge in [0, 0.05) is 0 Å². The highest BCUT2D eigenvalue weighted by Gasteiger charge is 2.37. The lowest BCUT2D eigenvalue weighted by molar-refractivity contribution is 0.0793. The van der Waals surface area contributed by atoms with Crippen molar-refractivity contribution in [1.29, 1.82) is 0 Å². The Hall–Kier alpha value is 0. The van der Waals surface area contributed by atoms with Crippen molar-refractivity contribution in [2.45, 2.75) is 374 Å². The lowest BCUT2D eigenvalue weighted by Crippen LogP contribution is -2.32. The summed E-state index contributed by atoms with van der Waals surface area (Å²) in [5.41, 5.74) is 4.23. The Labute approximate surface area is 462 Å². The first-order chi connectivity index (χ1) is 29.7. The molecule has 0 radical (unpaired) electrons. The summed E-state index contributed by atoms with van der Waals surface area (Å²) < 4.78 is 0. The molecular weight excluding hydrogens is 853 g/mol. The lowest BCUT2D eigenvalue weighted by Gasteiger charge is -2.43. The van der Waals surface area contributed by atoms with Crippen LogP contribution in [0, 0.1) is 90.7 Å². The Kier molecular flexibility index (Phi) is 52.4. The number of rotatable bonds is 8. The predicted octanol–water partition coefficient (Wildman–Crippen LogP) is 27.6. The molecule has 4 aliphatic carbocycles. The minimum absolute atomic E-state index is 0. The molecule has 0 saturated heterocycles. The topological polar surface area (TPSA) is 0 Å². The molecule has 0 aromatic carbocycles. The molecule has 0 nitrogen and oxygen atoms in total. The highest BCUT2D eigenvalue weighted by Crippen LogP contribution is 2.48. The van der Waals surface area contributed by atoms with Gasteiger partial charge < -0.3 is 0 Å². The van der Waals surface area contributed by atoms with Crippen LogP contribution in [-0.2, 0) is 0 Å². The molecule has 4 rings (SSSR count). The Morgan fingerprint density at radius 1 is 0.211 bits per heavy atom. The van der Waals surface area contributed by atoms with Crippen LogP contribution in [0.15, 0.2) is 0 Å². The summed E-state index contributed by atoms with van der Waals surface area (Å²) in [5.74, 6) is 8.14. The molecule has 0 aliphatic heterocycles. The zero-order chi connectivity index (χ0) is 53.3. The fourth-order valence-corrected chi connectivity index (χ4v) is 12.2. The van der Waals surface area contributed by atoms with Crippen LogP contribution in [0.1, 0.15) is 374 Å². The second kappa shape index (κ2) is 41.1. The average molecular weight is 1010 g/mol. The van der Waals surface area contributed by atoms with Gasteiger partial charge in [0.05, 0.1) is 0 Å². The van der Waals surface area contributed by atoms with Gasteiger partial charge in [-0.25, -0.2) is 0 Å². The molecule has 6 unspecified atom stereocenters. The quantitative estimate of drug-likeness (QED) is 0.227. The van der Waals surface area contributed by atoms with Crippen molar-refractivity contribution < 1.29 is 0 Å². The second-order valence-corrected chi connectivity index (χ2v) is 31.4. The zero-order valence-corrected chi connectivity index (χ0v) is 53.3. The van der Waals surface area contributed by atoms with E-state index in [2.05, 4.69) is 166 Å². The third-order valence-electron chi connectivity index (χ3n) is 13.5. The molecule has 4 saturated carbocycles. The van der Waals surface area contributed by atoms with Gasteiger partial charge in [0.15, 0.2) is 0 Å². The van der Waals surface area contributed by atoms with E-state index in [1.165, 1.54) is 116 Å². The molecule has 0 amide bonds. The van der Waals surface area contributed by atoms with Gasteiger partial charge >= 0.3 is 0 Å². The van der Waals surface area contributed by atoms with Crippen molar-refractivity contribution in [3.63, 3.8) is 0 Å². The summed E-state index contributed by atoms with van der Waals surface area (Å²) >= 11 is 0. The van der Waals surface area contributed by atoms with E-state index < -0.39 is 0 Å². The summed E-state index contributed by atoms with van der Waals surface area (Å²) in [6.07, 6.45) is 26.3. The smallest absolute Gasteiger partial charge is 0.0380 e. The SMILES string of the molecule is C.C.C.C.C.CC.CC.CC.CC.CC(C)(C)CC1CC(CC(C)(C)C)C1.CC(C)(C)CC1CCC(CC(C)(C)C)C1.CC(C)(C)CC1CCC1CC(C)(C)C.CC(C)(C)CC1CCCC1CC(C)(C)C. The maximum Gasteiger partial charge on any atom is -0.0380 e. The van der Waals surface area contributed by atoms with Gasteiger partial charge in [0.25, 0.3) is 0 Å². The van der Waals surface area contributed by atoms with Crippen LogP contribution in [0.2, 0.25) is 0 Å². The van der Waals surface area contributed by atoms with Crippen molar-refractivity contribution in [1.82, 2.24) is 0 Å². The molecule has 4 fully saturated rings. The molecule has 444 valence electrons. The lowest BCUT2D eigenvalue weighted by atomic mass is 9.63. The first-order valence-electron chi connectivity index (χ1n) is 29.7. The molecule has 4 aliphatic rings. The highest BCUT2D eigenvalue weighted by atomic mass is 14.4. The van der Waals surface area contributed by atoms with Gasteiger partial charge in [0.1, 0.15) is 0 Å². The van der Waals surface area contributed by atoms with E-state index in [0.29, 0.717) is 43.3 Å². The van der Waals surface area contributed by atoms with Crippen LogP contribution in [0.4, 0.5) is 0 Å². The highest BCUT2D eigenvalue weighted by molar-refractivity contribution is 4.88. The fourth-order valence-electron chi connectivity index (χ4n) is 12.2. The summed E-state index contributed by atoms with van der Waals surface area (Å²) in [4.78, 5) is 0. The summed E-state index contributed by atoms with van der Waals surface area (Å²) in [7, 11) is 0. The van der Waals surface area contributed by atoms with Gasteiger partial charge in [-0.05, 0) is 174 Å². The van der Waals surface area contributed by atoms with E-state index in [1.54, 1.807) is 0 Å². The van der Waals surface area contributed by atoms with Gasteiger partial charge in [-0.1, -0.05) is 291 Å². The third kappa shape index (κ3) is 56.0. The monoisotopic (exact) mass is 1010 g/mol. The molecule has 0 N–H and O–H groups in total. The summed E-state index contributed by atoms with van der Waals surface area (Å²) in [5, 5.41) is 0. The van der Waals surface area contributed by atoms with Gasteiger partial charge in [-0.3, -0.25) is 0 Å². The average Bonchev–Trinajstić information content (AvgIpc) is 3.72. The maximum absolute atomic E-state index is 2.39. The molecule has 0 bridgehead atoms. The van der Waals surface area contributed by atoms with Crippen LogP contribution in [0.3, 0.4) is 0 Å². The van der Waals surface area contributed by atoms with Crippen molar-refractivity contribution in [3.8, 4) is 0 Å². The molecular formula is C71H160. The minimum Gasteiger partial charge on any atom is -0.0776 e. The van der Waals surface area contributed by atoms with E-state index in [9.17, 15) is 0 Å². The molecule has 0 aromatic heterocycles. The van der Waals surface area contributed by atoms with E-state index >= 15 is 0 Å². The Morgan fingerprint density at radius 3 is 0.535 bits per heavy atom. The molecule has 0 spiro atoms. The van der Waals surface area contributed by atoms with E-state index in [4.69, 9.17) is 0 Å². The number of hydrogen-bond acceptors (Lipinski definition) is 0. The Balaban J connectivity index is -0.0000000961. The van der Waals surface area contributed by atoms with Crippen LogP contribution in [0.25, 0.3) is 0 Å². The standard InChI is InChI=1S/2C15H30.2C14H28.4C2H6.5CH4/c1-14(2,3)10-12-7-8-13(9-12)11-15(4,5)6;1-14(2,3)10-12-8-7-9-13(12)11-15(4,5)6;1-13(2,3)9-11-7-12(8-11)10-14(4,5)6;1-13(2,3)9-11-7-8-12(11)10-14(4,5)6;4*1-2;;;;;/h2*12-13H,7-11H2,1-6H3;2*11-12H,7-10H2,1-6H3;4*1-2H3;5*1H4. The molecule has 71 heavy (non-hydrogen) atoms. The fraction of sp³-hybridized carbons (Fsp3) is 1.00. The molecule has 6 atom stereocenters. The first-order valence-corrected chi connectivity index (χ1v) is 29.7. The van der Waals surface area contributed by atoms with Crippen LogP contribution >= 0.6 is 0 Å². The van der Waals surface area contributed by atoms with Crippen LogP contribution in [0.5, 0.6) is 0 Å². The largest absolute Gasteiger partial charge is 0.0776 e. The molecule has 0 heterocycles. The van der Waals surface area contributed by atoms with Gasteiger partial charge in [-0.15, -0.1) is 0 Å². The van der Waals surface area contributed by atoms with Crippen molar-refractivity contribution >= 4 is 0 Å². The Morgan fingerprint density at radius 2 is 0.366 bits per heavy atom. The van der Waals surface area contributed by atoms with E-state index in [-0.39, 0.29) is 37.1 Å². The summed E-state index contributed by atoms with van der Waals surface area (Å²) in [6, 6.07) is 0. The zero-order valence-electron chi connectivity index (χ0n) is 53.3.